The van der Waals surface area contributed by atoms with Crippen LogP contribution in [0.1, 0.15) is 65.2 Å². The van der Waals surface area contributed by atoms with Gasteiger partial charge >= 0.3 is 5.97 Å². The van der Waals surface area contributed by atoms with Crippen LogP contribution in [0.15, 0.2) is 6.07 Å². The highest BCUT2D eigenvalue weighted by atomic mass is 32.1. The van der Waals surface area contributed by atoms with E-state index < -0.39 is 0 Å². The minimum atomic E-state index is -0.376. The van der Waals surface area contributed by atoms with Gasteiger partial charge in [0.1, 0.15) is 5.00 Å². The van der Waals surface area contributed by atoms with Gasteiger partial charge in [-0.2, -0.15) is 4.98 Å². The van der Waals surface area contributed by atoms with Gasteiger partial charge < -0.3 is 10.1 Å². The molecule has 1 unspecified atom stereocenters. The van der Waals surface area contributed by atoms with Gasteiger partial charge in [-0.25, -0.2) is 14.3 Å². The Balaban J connectivity index is 1.59. The molecule has 0 aromatic carbocycles. The summed E-state index contributed by atoms with van der Waals surface area (Å²) in [6.45, 7) is 9.67. The van der Waals surface area contributed by atoms with Crippen molar-refractivity contribution in [2.45, 2.75) is 66.4 Å². The van der Waals surface area contributed by atoms with Crippen molar-refractivity contribution < 1.29 is 14.3 Å². The minimum Gasteiger partial charge on any atom is -0.459 e. The molecule has 9 heteroatoms. The number of hydrogen-bond donors (Lipinski definition) is 1. The van der Waals surface area contributed by atoms with E-state index in [0.717, 1.165) is 41.1 Å². The van der Waals surface area contributed by atoms with Crippen molar-refractivity contribution in [2.75, 3.05) is 5.32 Å². The third kappa shape index (κ3) is 4.46. The first-order valence-electron chi connectivity index (χ1n) is 10.6. The molecule has 1 N–H and O–H groups in total. The molecule has 0 saturated heterocycles. The van der Waals surface area contributed by atoms with E-state index in [9.17, 15) is 9.59 Å². The summed E-state index contributed by atoms with van der Waals surface area (Å²) >= 11 is 1.48. The number of carbonyl (C=O) groups excluding carboxylic acids is 2. The summed E-state index contributed by atoms with van der Waals surface area (Å²) in [5.41, 5.74) is 3.27. The average Bonchev–Trinajstić information content (AvgIpc) is 3.20. The van der Waals surface area contributed by atoms with Crippen molar-refractivity contribution in [3.05, 3.63) is 39.3 Å². The van der Waals surface area contributed by atoms with Crippen LogP contribution in [0.3, 0.4) is 0 Å². The van der Waals surface area contributed by atoms with E-state index in [2.05, 4.69) is 27.3 Å². The number of aryl methyl sites for hydroxylation is 2. The smallest absolute Gasteiger partial charge is 0.341 e. The van der Waals surface area contributed by atoms with E-state index in [1.54, 1.807) is 4.52 Å². The standard InChI is InChI=1S/C22H27N5O3S/c1-11(2)30-21(29)19-15-7-6-12(3)8-16(15)31-20(19)25-18(28)10-17-24-22-23-13(4)9-14(5)27(22)26-17/h9,11-12H,6-8,10H2,1-5H3,(H,25,28). The summed E-state index contributed by atoms with van der Waals surface area (Å²) in [4.78, 5) is 35.5. The van der Waals surface area contributed by atoms with Crippen LogP contribution in [-0.4, -0.2) is 37.6 Å². The molecular weight excluding hydrogens is 414 g/mol. The lowest BCUT2D eigenvalue weighted by molar-refractivity contribution is -0.115. The van der Waals surface area contributed by atoms with Crippen molar-refractivity contribution in [1.82, 2.24) is 19.6 Å². The van der Waals surface area contributed by atoms with Crippen LogP contribution in [0, 0.1) is 19.8 Å². The molecule has 3 aromatic rings. The summed E-state index contributed by atoms with van der Waals surface area (Å²) in [6, 6.07) is 1.91. The second-order valence-electron chi connectivity index (χ2n) is 8.51. The highest BCUT2D eigenvalue weighted by Gasteiger charge is 2.29. The van der Waals surface area contributed by atoms with Crippen molar-refractivity contribution >= 4 is 34.0 Å². The van der Waals surface area contributed by atoms with Gasteiger partial charge in [-0.15, -0.1) is 16.4 Å². The lowest BCUT2D eigenvalue weighted by atomic mass is 9.88. The predicted octanol–water partition coefficient (Wildman–Crippen LogP) is 3.67. The van der Waals surface area contributed by atoms with Crippen LogP contribution in [0.5, 0.6) is 0 Å². The van der Waals surface area contributed by atoms with Gasteiger partial charge in [-0.1, -0.05) is 6.92 Å². The first-order chi connectivity index (χ1) is 14.7. The highest BCUT2D eigenvalue weighted by Crippen LogP contribution is 2.40. The maximum absolute atomic E-state index is 12.8. The number of amides is 1. The topological polar surface area (TPSA) is 98.5 Å². The number of fused-ring (bicyclic) bond motifs is 2. The molecule has 8 nitrogen and oxygen atoms in total. The molecular formula is C22H27N5O3S. The number of anilines is 1. The molecule has 1 atom stereocenters. The SMILES string of the molecule is Cc1cc(C)n2nc(CC(=O)Nc3sc4c(c3C(=O)OC(C)C)CCC(C)C4)nc2n1. The van der Waals surface area contributed by atoms with Gasteiger partial charge in [0.2, 0.25) is 5.91 Å². The lowest BCUT2D eigenvalue weighted by Gasteiger charge is -2.18. The Morgan fingerprint density at radius 1 is 1.32 bits per heavy atom. The molecule has 0 spiro atoms. The van der Waals surface area contributed by atoms with Crippen LogP contribution in [0.2, 0.25) is 0 Å². The number of hydrogen-bond acceptors (Lipinski definition) is 7. The van der Waals surface area contributed by atoms with E-state index in [4.69, 9.17) is 4.74 Å². The Bertz CT molecular complexity index is 1160. The zero-order valence-electron chi connectivity index (χ0n) is 18.5. The van der Waals surface area contributed by atoms with E-state index in [-0.39, 0.29) is 24.4 Å². The zero-order chi connectivity index (χ0) is 22.3. The fourth-order valence-corrected chi connectivity index (χ4v) is 5.34. The maximum Gasteiger partial charge on any atom is 0.341 e. The molecule has 31 heavy (non-hydrogen) atoms. The molecule has 0 radical (unpaired) electrons. The number of nitrogens with zero attached hydrogens (tertiary/aromatic N) is 4. The molecule has 0 aliphatic heterocycles. The van der Waals surface area contributed by atoms with Crippen molar-refractivity contribution in [2.24, 2.45) is 5.92 Å². The van der Waals surface area contributed by atoms with Crippen molar-refractivity contribution in [3.8, 4) is 0 Å². The Morgan fingerprint density at radius 2 is 2.10 bits per heavy atom. The normalized spacial score (nSPS) is 15.9. The van der Waals surface area contributed by atoms with Crippen molar-refractivity contribution in [1.29, 1.82) is 0 Å². The van der Waals surface area contributed by atoms with Gasteiger partial charge in [-0.3, -0.25) is 4.79 Å². The number of esters is 1. The number of thiophene rings is 1. The molecule has 3 heterocycles. The molecule has 164 valence electrons. The molecule has 1 aliphatic rings. The number of nitrogens with one attached hydrogen (secondary N) is 1. The largest absolute Gasteiger partial charge is 0.459 e. The molecule has 0 bridgehead atoms. The second-order valence-corrected chi connectivity index (χ2v) is 9.62. The summed E-state index contributed by atoms with van der Waals surface area (Å²) < 4.78 is 7.10. The van der Waals surface area contributed by atoms with E-state index in [1.165, 1.54) is 11.3 Å². The van der Waals surface area contributed by atoms with Crippen LogP contribution < -0.4 is 5.32 Å². The number of ether oxygens (including phenoxy) is 1. The fraction of sp³-hybridized carbons (Fsp3) is 0.500. The number of rotatable bonds is 5. The molecule has 1 amide bonds. The average molecular weight is 442 g/mol. The Labute approximate surface area is 185 Å². The fourth-order valence-electron chi connectivity index (χ4n) is 3.92. The van der Waals surface area contributed by atoms with Gasteiger partial charge in [0.05, 0.1) is 18.1 Å². The van der Waals surface area contributed by atoms with Crippen LogP contribution in [0.4, 0.5) is 5.00 Å². The predicted molar refractivity (Wildman–Crippen MR) is 119 cm³/mol. The third-order valence-electron chi connectivity index (χ3n) is 5.29. The first-order valence-corrected chi connectivity index (χ1v) is 11.4. The van der Waals surface area contributed by atoms with Crippen LogP contribution in [-0.2, 0) is 28.8 Å². The van der Waals surface area contributed by atoms with Gasteiger partial charge in [0.25, 0.3) is 5.78 Å². The number of aromatic nitrogens is 4. The molecule has 0 saturated carbocycles. The number of carbonyl (C=O) groups is 2. The van der Waals surface area contributed by atoms with Gasteiger partial charge in [0, 0.05) is 16.3 Å². The summed E-state index contributed by atoms with van der Waals surface area (Å²) in [6.07, 6.45) is 2.53. The van der Waals surface area contributed by atoms with Crippen molar-refractivity contribution in [3.63, 3.8) is 0 Å². The monoisotopic (exact) mass is 441 g/mol. The summed E-state index contributed by atoms with van der Waals surface area (Å²) in [5, 5.41) is 7.88. The van der Waals surface area contributed by atoms with Crippen LogP contribution >= 0.6 is 11.3 Å². The Kier molecular flexibility index (Phi) is 5.79. The van der Waals surface area contributed by atoms with Gasteiger partial charge in [0.15, 0.2) is 5.82 Å². The zero-order valence-corrected chi connectivity index (χ0v) is 19.3. The van der Waals surface area contributed by atoms with Crippen LogP contribution in [0.25, 0.3) is 5.78 Å². The first kappa shape index (κ1) is 21.4. The third-order valence-corrected chi connectivity index (χ3v) is 6.46. The highest BCUT2D eigenvalue weighted by molar-refractivity contribution is 7.17. The minimum absolute atomic E-state index is 0.000511. The Morgan fingerprint density at radius 3 is 2.84 bits per heavy atom. The summed E-state index contributed by atoms with van der Waals surface area (Å²) in [5.74, 6) is 0.779. The Hall–Kier alpha value is -2.81. The molecule has 4 rings (SSSR count). The summed E-state index contributed by atoms with van der Waals surface area (Å²) in [7, 11) is 0. The van der Waals surface area contributed by atoms with E-state index >= 15 is 0 Å². The van der Waals surface area contributed by atoms with E-state index in [1.807, 2.05) is 33.8 Å². The molecule has 3 aromatic heterocycles. The molecule has 0 fully saturated rings. The maximum atomic E-state index is 12.8. The lowest BCUT2D eigenvalue weighted by Crippen LogP contribution is -2.19. The van der Waals surface area contributed by atoms with E-state index in [0.29, 0.717) is 28.1 Å². The molecule has 1 aliphatic carbocycles. The van der Waals surface area contributed by atoms with Gasteiger partial charge in [-0.05, 0) is 64.5 Å². The second kappa shape index (κ2) is 8.37. The quantitative estimate of drug-likeness (QED) is 0.607.